The van der Waals surface area contributed by atoms with Crippen LogP contribution in [0.15, 0.2) is 49.3 Å². The van der Waals surface area contributed by atoms with E-state index in [4.69, 9.17) is 0 Å². The van der Waals surface area contributed by atoms with Crippen LogP contribution in [0.2, 0.25) is 0 Å². The highest BCUT2D eigenvalue weighted by atomic mass is 16.2. The maximum Gasteiger partial charge on any atom is 0.253 e. The predicted octanol–water partition coefficient (Wildman–Crippen LogP) is 1.98. The number of aryl methyl sites for hydroxylation is 1. The Morgan fingerprint density at radius 1 is 1.19 bits per heavy atom. The first-order valence-corrected chi connectivity index (χ1v) is 8.68. The molecule has 1 aliphatic rings. The van der Waals surface area contributed by atoms with Crippen molar-refractivity contribution in [2.24, 2.45) is 13.0 Å². The lowest BCUT2D eigenvalue weighted by molar-refractivity contribution is 0.0787. The van der Waals surface area contributed by atoms with Crippen molar-refractivity contribution in [3.8, 4) is 11.5 Å². The number of pyridine rings is 1. The molecule has 4 heterocycles. The van der Waals surface area contributed by atoms with E-state index in [1.807, 2.05) is 28.8 Å². The molecule has 0 unspecified atom stereocenters. The molecule has 0 spiro atoms. The fourth-order valence-electron chi connectivity index (χ4n) is 3.40. The Hall–Kier alpha value is -3.09. The van der Waals surface area contributed by atoms with Crippen LogP contribution in [-0.2, 0) is 13.5 Å². The molecule has 0 saturated carbocycles. The summed E-state index contributed by atoms with van der Waals surface area (Å²) in [7, 11) is 1.95. The van der Waals surface area contributed by atoms with Crippen LogP contribution < -0.4 is 0 Å². The van der Waals surface area contributed by atoms with E-state index in [1.165, 1.54) is 0 Å². The molecule has 1 amide bonds. The summed E-state index contributed by atoms with van der Waals surface area (Å²) >= 11 is 0. The first-order valence-electron chi connectivity index (χ1n) is 8.68. The molecule has 26 heavy (non-hydrogen) atoms. The average Bonchev–Trinajstić information content (AvgIpc) is 3.31. The number of imidazole rings is 1. The van der Waals surface area contributed by atoms with Crippen molar-refractivity contribution >= 4 is 5.91 Å². The van der Waals surface area contributed by atoms with Gasteiger partial charge in [0.15, 0.2) is 5.82 Å². The summed E-state index contributed by atoms with van der Waals surface area (Å²) in [6.07, 6.45) is 10.4. The third-order valence-electron chi connectivity index (χ3n) is 4.77. The second-order valence-corrected chi connectivity index (χ2v) is 6.60. The summed E-state index contributed by atoms with van der Waals surface area (Å²) in [5.74, 6) is 1.31. The van der Waals surface area contributed by atoms with Crippen molar-refractivity contribution < 1.29 is 4.79 Å². The van der Waals surface area contributed by atoms with Crippen molar-refractivity contribution in [3.63, 3.8) is 0 Å². The Labute approximate surface area is 151 Å². The zero-order chi connectivity index (χ0) is 17.9. The maximum absolute atomic E-state index is 12.6. The number of likely N-dealkylation sites (tertiary alicyclic amines) is 1. The van der Waals surface area contributed by atoms with Crippen molar-refractivity contribution in [2.45, 2.75) is 12.8 Å². The first-order chi connectivity index (χ1) is 12.7. The molecular weight excluding hydrogens is 328 g/mol. The van der Waals surface area contributed by atoms with E-state index in [0.29, 0.717) is 11.5 Å². The standard InChI is InChI=1S/C19H20N6O/c1-24-9-7-21-18(24)17-11-16(22-13-23-17)10-14-4-8-25(12-14)19(26)15-2-5-20-6-3-15/h2-3,5-7,9,11,13-14H,4,8,10,12H2,1H3/t14-/m1/s1. The SMILES string of the molecule is Cn1ccnc1-c1cc(C[C@H]2CCN(C(=O)c3ccncc3)C2)ncn1. The Kier molecular flexibility index (Phi) is 4.43. The van der Waals surface area contributed by atoms with E-state index in [-0.39, 0.29) is 5.91 Å². The summed E-state index contributed by atoms with van der Waals surface area (Å²) in [4.78, 5) is 31.5. The molecule has 4 rings (SSSR count). The van der Waals surface area contributed by atoms with Gasteiger partial charge in [0.2, 0.25) is 0 Å². The molecule has 0 aliphatic carbocycles. The zero-order valence-electron chi connectivity index (χ0n) is 14.6. The number of hydrogen-bond donors (Lipinski definition) is 0. The van der Waals surface area contributed by atoms with E-state index in [9.17, 15) is 4.79 Å². The molecule has 0 N–H and O–H groups in total. The van der Waals surface area contributed by atoms with E-state index < -0.39 is 0 Å². The monoisotopic (exact) mass is 348 g/mol. The van der Waals surface area contributed by atoms with Crippen LogP contribution in [-0.4, -0.2) is 48.4 Å². The lowest BCUT2D eigenvalue weighted by Crippen LogP contribution is -2.29. The lowest BCUT2D eigenvalue weighted by atomic mass is 10.0. The Balaban J connectivity index is 1.43. The van der Waals surface area contributed by atoms with Gasteiger partial charge in [-0.05, 0) is 37.0 Å². The van der Waals surface area contributed by atoms with Crippen LogP contribution in [0.3, 0.4) is 0 Å². The third-order valence-corrected chi connectivity index (χ3v) is 4.77. The van der Waals surface area contributed by atoms with Crippen LogP contribution in [0.25, 0.3) is 11.5 Å². The Morgan fingerprint density at radius 3 is 2.81 bits per heavy atom. The quantitative estimate of drug-likeness (QED) is 0.720. The van der Waals surface area contributed by atoms with Gasteiger partial charge in [-0.15, -0.1) is 0 Å². The highest BCUT2D eigenvalue weighted by molar-refractivity contribution is 5.94. The minimum absolute atomic E-state index is 0.0753. The van der Waals surface area contributed by atoms with E-state index in [0.717, 1.165) is 43.1 Å². The van der Waals surface area contributed by atoms with Gasteiger partial charge in [0.25, 0.3) is 5.91 Å². The van der Waals surface area contributed by atoms with Crippen molar-refractivity contribution in [3.05, 3.63) is 60.6 Å². The van der Waals surface area contributed by atoms with Crippen molar-refractivity contribution in [1.82, 2.24) is 29.4 Å². The number of carbonyl (C=O) groups is 1. The van der Waals surface area contributed by atoms with Gasteiger partial charge in [-0.3, -0.25) is 9.78 Å². The molecule has 1 saturated heterocycles. The lowest BCUT2D eigenvalue weighted by Gasteiger charge is -2.16. The van der Waals surface area contributed by atoms with Crippen LogP contribution in [0, 0.1) is 5.92 Å². The summed E-state index contributed by atoms with van der Waals surface area (Å²) in [5, 5.41) is 0. The second kappa shape index (κ2) is 7.03. The zero-order valence-corrected chi connectivity index (χ0v) is 14.6. The molecule has 1 atom stereocenters. The van der Waals surface area contributed by atoms with Crippen LogP contribution in [0.1, 0.15) is 22.5 Å². The van der Waals surface area contributed by atoms with Gasteiger partial charge in [-0.25, -0.2) is 15.0 Å². The number of nitrogens with zero attached hydrogens (tertiary/aromatic N) is 6. The molecule has 3 aromatic heterocycles. The smallest absolute Gasteiger partial charge is 0.253 e. The Morgan fingerprint density at radius 2 is 2.04 bits per heavy atom. The normalized spacial score (nSPS) is 16.8. The predicted molar refractivity (Wildman–Crippen MR) is 96.2 cm³/mol. The number of rotatable bonds is 4. The minimum atomic E-state index is 0.0753. The van der Waals surface area contributed by atoms with E-state index >= 15 is 0 Å². The van der Waals surface area contributed by atoms with Gasteiger partial charge in [-0.2, -0.15) is 0 Å². The summed E-state index contributed by atoms with van der Waals surface area (Å²) in [6.45, 7) is 1.53. The van der Waals surface area contributed by atoms with Gasteiger partial charge in [0, 0.05) is 56.2 Å². The average molecular weight is 348 g/mol. The largest absolute Gasteiger partial charge is 0.338 e. The molecule has 132 valence electrons. The topological polar surface area (TPSA) is 76.8 Å². The molecular formula is C19H20N6O. The first kappa shape index (κ1) is 16.4. The fourth-order valence-corrected chi connectivity index (χ4v) is 3.40. The van der Waals surface area contributed by atoms with Gasteiger partial charge in [0.05, 0.1) is 0 Å². The highest BCUT2D eigenvalue weighted by Gasteiger charge is 2.27. The third kappa shape index (κ3) is 3.33. The molecule has 0 bridgehead atoms. The Bertz CT molecular complexity index is 907. The summed E-state index contributed by atoms with van der Waals surface area (Å²) in [5.41, 5.74) is 2.51. The van der Waals surface area contributed by atoms with Crippen molar-refractivity contribution in [2.75, 3.05) is 13.1 Å². The molecule has 1 aliphatic heterocycles. The second-order valence-electron chi connectivity index (χ2n) is 6.60. The summed E-state index contributed by atoms with van der Waals surface area (Å²) < 4.78 is 1.94. The number of aromatic nitrogens is 5. The number of hydrogen-bond acceptors (Lipinski definition) is 5. The fraction of sp³-hybridized carbons (Fsp3) is 0.316. The van der Waals surface area contributed by atoms with Crippen LogP contribution >= 0.6 is 0 Å². The van der Waals surface area contributed by atoms with Gasteiger partial charge < -0.3 is 9.47 Å². The number of carbonyl (C=O) groups excluding carboxylic acids is 1. The molecule has 7 heteroatoms. The molecule has 7 nitrogen and oxygen atoms in total. The van der Waals surface area contributed by atoms with Gasteiger partial charge in [0.1, 0.15) is 12.0 Å². The number of amides is 1. The van der Waals surface area contributed by atoms with E-state index in [2.05, 4.69) is 19.9 Å². The van der Waals surface area contributed by atoms with Crippen molar-refractivity contribution in [1.29, 1.82) is 0 Å². The van der Waals surface area contributed by atoms with Crippen LogP contribution in [0.5, 0.6) is 0 Å². The minimum Gasteiger partial charge on any atom is -0.338 e. The molecule has 0 radical (unpaired) electrons. The summed E-state index contributed by atoms with van der Waals surface area (Å²) in [6, 6.07) is 5.52. The van der Waals surface area contributed by atoms with E-state index in [1.54, 1.807) is 37.1 Å². The van der Waals surface area contributed by atoms with Gasteiger partial charge in [-0.1, -0.05) is 0 Å². The molecule has 3 aromatic rings. The molecule has 1 fully saturated rings. The maximum atomic E-state index is 12.6. The van der Waals surface area contributed by atoms with Crippen LogP contribution in [0.4, 0.5) is 0 Å². The molecule has 0 aromatic carbocycles. The highest BCUT2D eigenvalue weighted by Crippen LogP contribution is 2.23. The van der Waals surface area contributed by atoms with Gasteiger partial charge >= 0.3 is 0 Å².